The highest BCUT2D eigenvalue weighted by Crippen LogP contribution is 2.15. The minimum Gasteiger partial charge on any atom is -0.354 e. The van der Waals surface area contributed by atoms with Crippen molar-refractivity contribution < 1.29 is 0 Å². The standard InChI is InChI=1S/C21H37N7/c1-17(2)27-9-6-19(7-10-27)25-21(22-3)24-16-18-5-8-23-20(15-18)28-13-11-26(4)12-14-28/h5,8,15,17,19H,6-7,9-14,16H2,1-4H3,(H2,22,24,25). The average Bonchev–Trinajstić information content (AvgIpc) is 2.72. The van der Waals surface area contributed by atoms with Crippen LogP contribution in [-0.2, 0) is 6.54 Å². The van der Waals surface area contributed by atoms with Gasteiger partial charge in [-0.05, 0) is 51.4 Å². The fourth-order valence-electron chi connectivity index (χ4n) is 3.91. The van der Waals surface area contributed by atoms with Crippen LogP contribution in [0.2, 0.25) is 0 Å². The summed E-state index contributed by atoms with van der Waals surface area (Å²) in [6, 6.07) is 5.42. The van der Waals surface area contributed by atoms with Gasteiger partial charge in [0, 0.05) is 71.1 Å². The third-order valence-electron chi connectivity index (χ3n) is 5.92. The summed E-state index contributed by atoms with van der Waals surface area (Å²) in [5, 5.41) is 7.07. The number of likely N-dealkylation sites (N-methyl/N-ethyl adjacent to an activating group) is 1. The molecule has 0 atom stereocenters. The van der Waals surface area contributed by atoms with Crippen molar-refractivity contribution in [1.29, 1.82) is 0 Å². The lowest BCUT2D eigenvalue weighted by molar-refractivity contribution is 0.167. The molecule has 2 N–H and O–H groups in total. The van der Waals surface area contributed by atoms with E-state index in [9.17, 15) is 0 Å². The van der Waals surface area contributed by atoms with Crippen LogP contribution in [0, 0.1) is 0 Å². The lowest BCUT2D eigenvalue weighted by atomic mass is 10.0. The second-order valence-corrected chi connectivity index (χ2v) is 8.29. The van der Waals surface area contributed by atoms with E-state index in [1.165, 1.54) is 18.4 Å². The lowest BCUT2D eigenvalue weighted by Gasteiger charge is -2.35. The van der Waals surface area contributed by atoms with E-state index in [-0.39, 0.29) is 0 Å². The number of guanidine groups is 1. The first-order valence-electron chi connectivity index (χ1n) is 10.6. The van der Waals surface area contributed by atoms with Crippen LogP contribution in [-0.4, -0.2) is 86.2 Å². The fourth-order valence-corrected chi connectivity index (χ4v) is 3.91. The van der Waals surface area contributed by atoms with Crippen molar-refractivity contribution in [2.75, 3.05) is 58.3 Å². The molecular formula is C21H37N7. The first kappa shape index (κ1) is 20.9. The Morgan fingerprint density at radius 2 is 1.89 bits per heavy atom. The lowest BCUT2D eigenvalue weighted by Crippen LogP contribution is -2.49. The highest BCUT2D eigenvalue weighted by Gasteiger charge is 2.21. The van der Waals surface area contributed by atoms with Gasteiger partial charge in [-0.25, -0.2) is 4.98 Å². The molecule has 1 aromatic rings. The number of likely N-dealkylation sites (tertiary alicyclic amines) is 1. The van der Waals surface area contributed by atoms with Gasteiger partial charge in [-0.1, -0.05) is 0 Å². The van der Waals surface area contributed by atoms with Gasteiger partial charge >= 0.3 is 0 Å². The summed E-state index contributed by atoms with van der Waals surface area (Å²) in [5.74, 6) is 1.97. The molecule has 7 nitrogen and oxygen atoms in total. The van der Waals surface area contributed by atoms with E-state index < -0.39 is 0 Å². The largest absolute Gasteiger partial charge is 0.354 e. The molecule has 0 aromatic carbocycles. The molecule has 7 heteroatoms. The molecule has 0 radical (unpaired) electrons. The average molecular weight is 388 g/mol. The van der Waals surface area contributed by atoms with Crippen molar-refractivity contribution >= 4 is 11.8 Å². The SMILES string of the molecule is CN=C(NCc1ccnc(N2CCN(C)CC2)c1)NC1CCN(C(C)C)CC1. The van der Waals surface area contributed by atoms with E-state index in [1.807, 2.05) is 13.2 Å². The summed E-state index contributed by atoms with van der Waals surface area (Å²) < 4.78 is 0. The molecule has 2 saturated heterocycles. The Hall–Kier alpha value is -1.86. The highest BCUT2D eigenvalue weighted by atomic mass is 15.3. The van der Waals surface area contributed by atoms with Crippen molar-refractivity contribution in [3.05, 3.63) is 23.9 Å². The summed E-state index contributed by atoms with van der Waals surface area (Å²) >= 11 is 0. The third-order valence-corrected chi connectivity index (χ3v) is 5.92. The number of hydrogen-bond donors (Lipinski definition) is 2. The number of piperidine rings is 1. The van der Waals surface area contributed by atoms with Gasteiger partial charge in [-0.15, -0.1) is 0 Å². The smallest absolute Gasteiger partial charge is 0.191 e. The predicted molar refractivity (Wildman–Crippen MR) is 117 cm³/mol. The molecule has 2 aliphatic heterocycles. The number of rotatable bonds is 5. The number of nitrogens with one attached hydrogen (secondary N) is 2. The zero-order valence-electron chi connectivity index (χ0n) is 18.0. The van der Waals surface area contributed by atoms with Crippen LogP contribution in [0.1, 0.15) is 32.3 Å². The summed E-state index contributed by atoms with van der Waals surface area (Å²) in [6.45, 7) is 11.9. The molecule has 0 amide bonds. The van der Waals surface area contributed by atoms with Gasteiger partial charge in [-0.2, -0.15) is 0 Å². The molecule has 0 aliphatic carbocycles. The van der Waals surface area contributed by atoms with Gasteiger partial charge in [0.25, 0.3) is 0 Å². The van der Waals surface area contributed by atoms with E-state index in [2.05, 4.69) is 68.3 Å². The molecule has 1 aromatic heterocycles. The number of pyridine rings is 1. The Labute approximate surface area is 170 Å². The van der Waals surface area contributed by atoms with Gasteiger partial charge < -0.3 is 25.3 Å². The normalized spacial score (nSPS) is 20.6. The molecule has 3 heterocycles. The highest BCUT2D eigenvalue weighted by molar-refractivity contribution is 5.80. The van der Waals surface area contributed by atoms with Crippen LogP contribution < -0.4 is 15.5 Å². The first-order chi connectivity index (χ1) is 13.5. The van der Waals surface area contributed by atoms with E-state index >= 15 is 0 Å². The molecule has 0 unspecified atom stereocenters. The van der Waals surface area contributed by atoms with Gasteiger partial charge in [0.1, 0.15) is 5.82 Å². The molecular weight excluding hydrogens is 350 g/mol. The summed E-state index contributed by atoms with van der Waals surface area (Å²) in [6.07, 6.45) is 4.26. The van der Waals surface area contributed by atoms with Crippen molar-refractivity contribution in [1.82, 2.24) is 25.4 Å². The van der Waals surface area contributed by atoms with E-state index in [0.29, 0.717) is 12.1 Å². The molecule has 28 heavy (non-hydrogen) atoms. The summed E-state index contributed by atoms with van der Waals surface area (Å²) in [5.41, 5.74) is 1.24. The number of hydrogen-bond acceptors (Lipinski definition) is 5. The molecule has 0 spiro atoms. The molecule has 2 fully saturated rings. The minimum absolute atomic E-state index is 0.500. The maximum absolute atomic E-state index is 4.58. The van der Waals surface area contributed by atoms with Gasteiger partial charge in [0.05, 0.1) is 0 Å². The fraction of sp³-hybridized carbons (Fsp3) is 0.714. The van der Waals surface area contributed by atoms with Crippen molar-refractivity contribution in [3.8, 4) is 0 Å². The van der Waals surface area contributed by atoms with Gasteiger partial charge in [0.2, 0.25) is 0 Å². The molecule has 156 valence electrons. The molecule has 2 aliphatic rings. The Morgan fingerprint density at radius 1 is 1.18 bits per heavy atom. The van der Waals surface area contributed by atoms with E-state index in [4.69, 9.17) is 0 Å². The number of aromatic nitrogens is 1. The zero-order chi connectivity index (χ0) is 19.9. The zero-order valence-corrected chi connectivity index (χ0v) is 18.0. The van der Waals surface area contributed by atoms with Gasteiger partial charge in [0.15, 0.2) is 5.96 Å². The van der Waals surface area contributed by atoms with Crippen LogP contribution >= 0.6 is 0 Å². The monoisotopic (exact) mass is 387 g/mol. The van der Waals surface area contributed by atoms with Crippen molar-refractivity contribution in [3.63, 3.8) is 0 Å². The minimum atomic E-state index is 0.500. The second-order valence-electron chi connectivity index (χ2n) is 8.29. The maximum Gasteiger partial charge on any atom is 0.191 e. The quantitative estimate of drug-likeness (QED) is 0.588. The number of aliphatic imine (C=N–C) groups is 1. The van der Waals surface area contributed by atoms with Crippen LogP contribution in [0.15, 0.2) is 23.3 Å². The van der Waals surface area contributed by atoms with Crippen LogP contribution in [0.3, 0.4) is 0 Å². The predicted octanol–water partition coefficient (Wildman–Crippen LogP) is 1.37. The summed E-state index contributed by atoms with van der Waals surface area (Å²) in [4.78, 5) is 16.3. The van der Waals surface area contributed by atoms with Crippen LogP contribution in [0.4, 0.5) is 5.82 Å². The number of nitrogens with zero attached hydrogens (tertiary/aromatic N) is 5. The Bertz CT molecular complexity index is 629. The van der Waals surface area contributed by atoms with Crippen molar-refractivity contribution in [2.45, 2.75) is 45.3 Å². The third kappa shape index (κ3) is 5.82. The Kier molecular flexibility index (Phi) is 7.50. The number of anilines is 1. The first-order valence-corrected chi connectivity index (χ1v) is 10.6. The molecule has 3 rings (SSSR count). The van der Waals surface area contributed by atoms with E-state index in [0.717, 1.165) is 57.6 Å². The van der Waals surface area contributed by atoms with Crippen LogP contribution in [0.5, 0.6) is 0 Å². The van der Waals surface area contributed by atoms with Crippen molar-refractivity contribution in [2.24, 2.45) is 4.99 Å². The number of piperazine rings is 1. The second kappa shape index (κ2) is 10.1. The topological polar surface area (TPSA) is 59.0 Å². The van der Waals surface area contributed by atoms with Crippen LogP contribution in [0.25, 0.3) is 0 Å². The Balaban J connectivity index is 1.48. The molecule has 0 saturated carbocycles. The van der Waals surface area contributed by atoms with Gasteiger partial charge in [-0.3, -0.25) is 4.99 Å². The summed E-state index contributed by atoms with van der Waals surface area (Å²) in [7, 11) is 4.02. The molecule has 0 bridgehead atoms. The maximum atomic E-state index is 4.58. The Morgan fingerprint density at radius 3 is 2.54 bits per heavy atom. The van der Waals surface area contributed by atoms with E-state index in [1.54, 1.807) is 0 Å².